The fourth-order valence-electron chi connectivity index (χ4n) is 1.78. The summed E-state index contributed by atoms with van der Waals surface area (Å²) in [4.78, 5) is -0.407. The van der Waals surface area contributed by atoms with E-state index in [1.54, 1.807) is 30.3 Å². The molecule has 0 heterocycles. The van der Waals surface area contributed by atoms with Crippen molar-refractivity contribution >= 4 is 55.1 Å². The molecular formula is C14H9Br2Cl2FO. The van der Waals surface area contributed by atoms with Crippen LogP contribution in [0.5, 0.6) is 5.75 Å². The minimum Gasteiger partial charge on any atom is -0.495 e. The van der Waals surface area contributed by atoms with Crippen molar-refractivity contribution in [2.45, 2.75) is 4.83 Å². The molecule has 106 valence electrons. The van der Waals surface area contributed by atoms with Crippen LogP contribution in [0.4, 0.5) is 4.39 Å². The van der Waals surface area contributed by atoms with Crippen LogP contribution < -0.4 is 4.74 Å². The predicted octanol–water partition coefficient (Wildman–Crippen LogP) is 6.39. The highest BCUT2D eigenvalue weighted by molar-refractivity contribution is 9.10. The number of benzene rings is 2. The lowest BCUT2D eigenvalue weighted by molar-refractivity contribution is 0.415. The minimum atomic E-state index is -0.407. The number of methoxy groups -OCH3 is 1. The highest BCUT2D eigenvalue weighted by atomic mass is 79.9. The summed E-state index contributed by atoms with van der Waals surface area (Å²) in [5, 5.41) is 0.874. The Labute approximate surface area is 143 Å². The molecule has 0 amide bonds. The van der Waals surface area contributed by atoms with Gasteiger partial charge in [-0.15, -0.1) is 0 Å². The van der Waals surface area contributed by atoms with Crippen LogP contribution in [0.2, 0.25) is 10.0 Å². The van der Waals surface area contributed by atoms with Gasteiger partial charge >= 0.3 is 0 Å². The Bertz CT molecular complexity index is 649. The molecule has 0 aliphatic heterocycles. The number of alkyl halides is 1. The van der Waals surface area contributed by atoms with Crippen LogP contribution in [0.25, 0.3) is 0 Å². The molecule has 2 aromatic rings. The molecule has 0 fully saturated rings. The monoisotopic (exact) mass is 440 g/mol. The summed E-state index contributed by atoms with van der Waals surface area (Å²) in [5.41, 5.74) is 1.15. The normalized spacial score (nSPS) is 12.3. The zero-order chi connectivity index (χ0) is 14.9. The maximum Gasteiger partial charge on any atom is 0.142 e. The van der Waals surface area contributed by atoms with Gasteiger partial charge < -0.3 is 4.74 Å². The first-order valence-electron chi connectivity index (χ1n) is 5.56. The minimum absolute atomic E-state index is 0.336. The van der Waals surface area contributed by atoms with Crippen molar-refractivity contribution in [3.8, 4) is 5.75 Å². The maximum atomic E-state index is 14.1. The second-order valence-electron chi connectivity index (χ2n) is 4.01. The van der Waals surface area contributed by atoms with Gasteiger partial charge in [-0.05, 0) is 33.6 Å². The second kappa shape index (κ2) is 6.65. The summed E-state index contributed by atoms with van der Waals surface area (Å²) in [7, 11) is 1.51. The fraction of sp³-hybridized carbons (Fsp3) is 0.143. The number of rotatable bonds is 3. The van der Waals surface area contributed by atoms with E-state index < -0.39 is 4.83 Å². The third-order valence-corrected chi connectivity index (χ3v) is 5.02. The largest absolute Gasteiger partial charge is 0.495 e. The van der Waals surface area contributed by atoms with Crippen molar-refractivity contribution in [3.63, 3.8) is 0 Å². The highest BCUT2D eigenvalue weighted by Crippen LogP contribution is 2.41. The molecule has 0 saturated heterocycles. The van der Waals surface area contributed by atoms with Gasteiger partial charge in [0.15, 0.2) is 0 Å². The van der Waals surface area contributed by atoms with E-state index in [4.69, 9.17) is 27.9 Å². The Morgan fingerprint density at radius 3 is 2.50 bits per heavy atom. The summed E-state index contributed by atoms with van der Waals surface area (Å²) >= 11 is 18.9. The lowest BCUT2D eigenvalue weighted by Gasteiger charge is -2.16. The molecule has 0 spiro atoms. The van der Waals surface area contributed by atoms with Gasteiger partial charge in [0, 0.05) is 16.7 Å². The molecule has 1 nitrogen and oxygen atoms in total. The number of hydrogen-bond donors (Lipinski definition) is 0. The lowest BCUT2D eigenvalue weighted by atomic mass is 10.0. The average Bonchev–Trinajstić information content (AvgIpc) is 2.43. The van der Waals surface area contributed by atoms with Gasteiger partial charge in [0.25, 0.3) is 0 Å². The van der Waals surface area contributed by atoms with Crippen molar-refractivity contribution in [2.24, 2.45) is 0 Å². The summed E-state index contributed by atoms with van der Waals surface area (Å²) in [5.74, 6) is 0.146. The molecule has 2 rings (SSSR count). The molecule has 0 aliphatic rings. The Hall–Kier alpha value is -0.290. The topological polar surface area (TPSA) is 9.23 Å². The van der Waals surface area contributed by atoms with Gasteiger partial charge in [-0.25, -0.2) is 4.39 Å². The van der Waals surface area contributed by atoms with Crippen LogP contribution in [-0.4, -0.2) is 7.11 Å². The SMILES string of the molecule is COc1cc(Cl)c(C(Br)c2cccc(Br)c2F)cc1Cl. The molecule has 0 aliphatic carbocycles. The first kappa shape index (κ1) is 16.1. The molecule has 2 aromatic carbocycles. The number of halogens is 5. The lowest BCUT2D eigenvalue weighted by Crippen LogP contribution is -1.99. The van der Waals surface area contributed by atoms with Crippen molar-refractivity contribution in [1.29, 1.82) is 0 Å². The van der Waals surface area contributed by atoms with E-state index in [0.29, 0.717) is 31.4 Å². The second-order valence-corrected chi connectivity index (χ2v) is 6.60. The Kier molecular flexibility index (Phi) is 5.35. The molecule has 0 N–H and O–H groups in total. The molecule has 20 heavy (non-hydrogen) atoms. The van der Waals surface area contributed by atoms with E-state index in [1.165, 1.54) is 7.11 Å². The van der Waals surface area contributed by atoms with Gasteiger partial charge in [0.05, 0.1) is 21.4 Å². The molecule has 0 bridgehead atoms. The molecule has 6 heteroatoms. The van der Waals surface area contributed by atoms with E-state index in [2.05, 4.69) is 31.9 Å². The summed E-state index contributed by atoms with van der Waals surface area (Å²) in [6, 6.07) is 8.37. The van der Waals surface area contributed by atoms with Gasteiger partial charge in [0.1, 0.15) is 11.6 Å². The standard InChI is InChI=1S/C14H9Br2Cl2FO/c1-20-12-6-10(17)8(5-11(12)18)13(16)7-3-2-4-9(15)14(7)19/h2-6,13H,1H3. The quantitative estimate of drug-likeness (QED) is 0.500. The van der Waals surface area contributed by atoms with Crippen LogP contribution in [-0.2, 0) is 0 Å². The van der Waals surface area contributed by atoms with Crippen molar-refractivity contribution in [1.82, 2.24) is 0 Å². The van der Waals surface area contributed by atoms with E-state index in [9.17, 15) is 4.39 Å². The average molecular weight is 443 g/mol. The highest BCUT2D eigenvalue weighted by Gasteiger charge is 2.20. The first-order valence-corrected chi connectivity index (χ1v) is 8.03. The van der Waals surface area contributed by atoms with Crippen LogP contribution in [0, 0.1) is 5.82 Å². The maximum absolute atomic E-state index is 14.1. The third kappa shape index (κ3) is 3.14. The van der Waals surface area contributed by atoms with Crippen LogP contribution >= 0.6 is 55.1 Å². The third-order valence-electron chi connectivity index (χ3n) is 2.80. The van der Waals surface area contributed by atoms with Gasteiger partial charge in [0.2, 0.25) is 0 Å². The number of hydrogen-bond acceptors (Lipinski definition) is 1. The van der Waals surface area contributed by atoms with Crippen molar-refractivity contribution in [2.75, 3.05) is 7.11 Å². The Morgan fingerprint density at radius 2 is 1.85 bits per heavy atom. The number of ether oxygens (including phenoxy) is 1. The van der Waals surface area contributed by atoms with E-state index in [-0.39, 0.29) is 5.82 Å². The van der Waals surface area contributed by atoms with Gasteiger partial charge in [-0.2, -0.15) is 0 Å². The van der Waals surface area contributed by atoms with E-state index >= 15 is 0 Å². The van der Waals surface area contributed by atoms with E-state index in [0.717, 1.165) is 0 Å². The van der Waals surface area contributed by atoms with Gasteiger partial charge in [-0.3, -0.25) is 0 Å². The molecule has 1 unspecified atom stereocenters. The fourth-order valence-corrected chi connectivity index (χ4v) is 3.54. The van der Waals surface area contributed by atoms with Crippen LogP contribution in [0.1, 0.15) is 16.0 Å². The molecular weight excluding hydrogens is 434 g/mol. The Balaban J connectivity index is 2.51. The van der Waals surface area contributed by atoms with E-state index in [1.807, 2.05) is 0 Å². The smallest absolute Gasteiger partial charge is 0.142 e. The first-order chi connectivity index (χ1) is 9.45. The Morgan fingerprint density at radius 1 is 1.15 bits per heavy atom. The molecule has 1 atom stereocenters. The summed E-state index contributed by atoms with van der Waals surface area (Å²) in [6.45, 7) is 0. The zero-order valence-corrected chi connectivity index (χ0v) is 14.9. The molecule has 0 radical (unpaired) electrons. The van der Waals surface area contributed by atoms with Crippen LogP contribution in [0.3, 0.4) is 0 Å². The van der Waals surface area contributed by atoms with Crippen molar-refractivity contribution < 1.29 is 9.13 Å². The molecule has 0 aromatic heterocycles. The van der Waals surface area contributed by atoms with Crippen molar-refractivity contribution in [3.05, 3.63) is 61.8 Å². The summed E-state index contributed by atoms with van der Waals surface area (Å²) in [6.07, 6.45) is 0. The van der Waals surface area contributed by atoms with Crippen LogP contribution in [0.15, 0.2) is 34.8 Å². The molecule has 0 saturated carbocycles. The zero-order valence-electron chi connectivity index (χ0n) is 10.3. The predicted molar refractivity (Wildman–Crippen MR) is 87.9 cm³/mol. The summed E-state index contributed by atoms with van der Waals surface area (Å²) < 4.78 is 19.6. The van der Waals surface area contributed by atoms with Gasteiger partial charge in [-0.1, -0.05) is 51.3 Å².